The van der Waals surface area contributed by atoms with Crippen LogP contribution in [0.4, 0.5) is 5.69 Å². The lowest BCUT2D eigenvalue weighted by Crippen LogP contribution is -2.31. The Kier molecular flexibility index (Phi) is 8.21. The van der Waals surface area contributed by atoms with Crippen LogP contribution in [0, 0.1) is 0 Å². The molecule has 3 N–H and O–H groups in total. The van der Waals surface area contributed by atoms with Crippen molar-refractivity contribution in [1.29, 1.82) is 0 Å². The van der Waals surface area contributed by atoms with Gasteiger partial charge >= 0.3 is 0 Å². The number of hydrogen-bond acceptors (Lipinski definition) is 7. The van der Waals surface area contributed by atoms with Gasteiger partial charge in [0, 0.05) is 31.1 Å². The van der Waals surface area contributed by atoms with E-state index >= 15 is 0 Å². The molecule has 2 aromatic carbocycles. The quantitative estimate of drug-likeness (QED) is 0.291. The molecule has 0 bridgehead atoms. The highest BCUT2D eigenvalue weighted by Crippen LogP contribution is 2.32. The zero-order chi connectivity index (χ0) is 25.5. The molecule has 1 aliphatic rings. The number of carbonyl (C=O) groups is 1. The van der Waals surface area contributed by atoms with E-state index in [-0.39, 0.29) is 55.1 Å². The minimum absolute atomic E-state index is 0.00990. The van der Waals surface area contributed by atoms with E-state index < -0.39 is 12.2 Å². The van der Waals surface area contributed by atoms with E-state index in [1.165, 1.54) is 6.07 Å². The number of aliphatic hydroxyl groups excluding tert-OH is 1. The number of amides is 1. The number of allylic oxidation sites excluding steroid dienone is 1. The summed E-state index contributed by atoms with van der Waals surface area (Å²) >= 11 is 0. The maximum Gasteiger partial charge on any atom is 0.290 e. The molecule has 2 heterocycles. The molecule has 10 heteroatoms. The highest BCUT2D eigenvalue weighted by atomic mass is 16.7. The summed E-state index contributed by atoms with van der Waals surface area (Å²) in [4.78, 5) is 25.9. The number of hydrogen-bond donors (Lipinski definition) is 3. The van der Waals surface area contributed by atoms with Gasteiger partial charge in [-0.15, -0.1) is 0 Å². The number of phenolic OH excluding ortho intramolecular Hbond substituents is 1. The van der Waals surface area contributed by atoms with Crippen molar-refractivity contribution in [2.75, 3.05) is 31.7 Å². The molecule has 0 saturated heterocycles. The minimum Gasteiger partial charge on any atom is -0.506 e. The Bertz CT molecular complexity index is 1270. The molecule has 1 aliphatic heterocycles. The second-order valence-corrected chi connectivity index (χ2v) is 8.18. The van der Waals surface area contributed by atoms with Gasteiger partial charge in [-0.05, 0) is 30.3 Å². The zero-order valence-electron chi connectivity index (χ0n) is 19.9. The van der Waals surface area contributed by atoms with E-state index in [4.69, 9.17) is 19.3 Å². The van der Waals surface area contributed by atoms with Crippen LogP contribution in [0.25, 0.3) is 5.69 Å². The van der Waals surface area contributed by atoms with Gasteiger partial charge in [0.2, 0.25) is 6.29 Å². The summed E-state index contributed by atoms with van der Waals surface area (Å²) in [7, 11) is 1.79. The molecule has 2 atom stereocenters. The van der Waals surface area contributed by atoms with Crippen LogP contribution in [0.15, 0.2) is 77.3 Å². The fourth-order valence-electron chi connectivity index (χ4n) is 4.05. The standard InChI is InChI=1S/C26H29N3O7/c1-28-21(17-24(32)29(28)19-7-3-2-4-8-19)18-15-23(26(33)27-20-9-5-6-10-22(20)31)36-25(16-18)35-14-13-34-12-11-30/h2-10,15,17-18,25,30-31H,11-14,16H2,1H3,(H,27,33)/t18-,25+/m1/s1. The number of rotatable bonds is 10. The van der Waals surface area contributed by atoms with Gasteiger partial charge in [0.25, 0.3) is 11.5 Å². The van der Waals surface area contributed by atoms with Gasteiger partial charge in [-0.3, -0.25) is 14.3 Å². The minimum atomic E-state index is -0.780. The molecule has 0 unspecified atom stereocenters. The van der Waals surface area contributed by atoms with Crippen LogP contribution < -0.4 is 10.9 Å². The highest BCUT2D eigenvalue weighted by Gasteiger charge is 2.31. The van der Waals surface area contributed by atoms with Crippen molar-refractivity contribution >= 4 is 11.6 Å². The van der Waals surface area contributed by atoms with Crippen molar-refractivity contribution in [1.82, 2.24) is 9.36 Å². The van der Waals surface area contributed by atoms with Crippen LogP contribution in [0.1, 0.15) is 18.0 Å². The SMILES string of the molecule is Cn1c([C@@H]2C=C(C(=O)Nc3ccccc3O)O[C@H](OCCOCCO)C2)cc(=O)n1-c1ccccc1. The maximum absolute atomic E-state index is 13.0. The van der Waals surface area contributed by atoms with Crippen LogP contribution in [-0.4, -0.2) is 58.2 Å². The van der Waals surface area contributed by atoms with Gasteiger partial charge < -0.3 is 29.7 Å². The number of benzene rings is 2. The molecule has 0 fully saturated rings. The lowest BCUT2D eigenvalue weighted by Gasteiger charge is -2.29. The first kappa shape index (κ1) is 25.2. The largest absolute Gasteiger partial charge is 0.506 e. The third kappa shape index (κ3) is 5.85. The maximum atomic E-state index is 13.0. The molecule has 0 aliphatic carbocycles. The number of nitrogens with one attached hydrogen (secondary N) is 1. The number of carbonyl (C=O) groups excluding carboxylic acids is 1. The van der Waals surface area contributed by atoms with Crippen LogP contribution in [-0.2, 0) is 26.1 Å². The average molecular weight is 496 g/mol. The lowest BCUT2D eigenvalue weighted by molar-refractivity contribution is -0.149. The van der Waals surface area contributed by atoms with Crippen molar-refractivity contribution in [3.8, 4) is 11.4 Å². The molecule has 4 rings (SSSR count). The van der Waals surface area contributed by atoms with Crippen LogP contribution in [0.5, 0.6) is 5.75 Å². The number of nitrogens with zero attached hydrogens (tertiary/aromatic N) is 2. The summed E-state index contributed by atoms with van der Waals surface area (Å²) < 4.78 is 20.2. The first-order valence-electron chi connectivity index (χ1n) is 11.6. The van der Waals surface area contributed by atoms with Crippen molar-refractivity contribution in [3.63, 3.8) is 0 Å². The molecule has 1 aromatic heterocycles. The number of ether oxygens (including phenoxy) is 3. The van der Waals surface area contributed by atoms with E-state index in [2.05, 4.69) is 5.32 Å². The van der Waals surface area contributed by atoms with Gasteiger partial charge in [-0.1, -0.05) is 30.3 Å². The Labute approximate surface area is 207 Å². The predicted octanol–water partition coefficient (Wildman–Crippen LogP) is 2.26. The van der Waals surface area contributed by atoms with Gasteiger partial charge in [0.15, 0.2) is 5.76 Å². The third-order valence-corrected chi connectivity index (χ3v) is 5.73. The Morgan fingerprint density at radius 2 is 1.86 bits per heavy atom. The second kappa shape index (κ2) is 11.7. The highest BCUT2D eigenvalue weighted by molar-refractivity contribution is 6.03. The predicted molar refractivity (Wildman–Crippen MR) is 132 cm³/mol. The second-order valence-electron chi connectivity index (χ2n) is 8.18. The molecule has 1 amide bonds. The molecule has 0 saturated carbocycles. The number of aromatic nitrogens is 2. The summed E-state index contributed by atoms with van der Waals surface area (Å²) in [6, 6.07) is 17.2. The molecule has 0 radical (unpaired) electrons. The van der Waals surface area contributed by atoms with Gasteiger partial charge in [-0.25, -0.2) is 4.68 Å². The van der Waals surface area contributed by atoms with Crippen molar-refractivity contribution < 1.29 is 29.2 Å². The molecular weight excluding hydrogens is 466 g/mol. The topological polar surface area (TPSA) is 124 Å². The summed E-state index contributed by atoms with van der Waals surface area (Å²) in [5.74, 6) is -0.987. The van der Waals surface area contributed by atoms with Crippen molar-refractivity contribution in [2.24, 2.45) is 7.05 Å². The Balaban J connectivity index is 1.61. The van der Waals surface area contributed by atoms with Gasteiger partial charge in [-0.2, -0.15) is 0 Å². The molecule has 3 aromatic rings. The summed E-state index contributed by atoms with van der Waals surface area (Å²) in [5.41, 5.74) is 1.45. The van der Waals surface area contributed by atoms with Crippen LogP contribution >= 0.6 is 0 Å². The van der Waals surface area contributed by atoms with E-state index in [1.54, 1.807) is 46.8 Å². The number of anilines is 1. The van der Waals surface area contributed by atoms with E-state index in [1.807, 2.05) is 30.3 Å². The Morgan fingerprint density at radius 1 is 1.11 bits per heavy atom. The Morgan fingerprint density at radius 3 is 2.61 bits per heavy atom. The Hall–Kier alpha value is -3.86. The van der Waals surface area contributed by atoms with Gasteiger partial charge in [0.05, 0.1) is 37.8 Å². The number of aromatic hydroxyl groups is 1. The zero-order valence-corrected chi connectivity index (χ0v) is 19.9. The van der Waals surface area contributed by atoms with Crippen LogP contribution in [0.2, 0.25) is 0 Å². The number of aliphatic hydroxyl groups is 1. The smallest absolute Gasteiger partial charge is 0.290 e. The fourth-order valence-corrected chi connectivity index (χ4v) is 4.05. The molecular formula is C26H29N3O7. The number of phenols is 1. The normalized spacial score (nSPS) is 17.3. The van der Waals surface area contributed by atoms with E-state index in [9.17, 15) is 14.7 Å². The number of para-hydroxylation sites is 3. The fraction of sp³-hybridized carbons (Fsp3) is 0.308. The van der Waals surface area contributed by atoms with Crippen LogP contribution in [0.3, 0.4) is 0 Å². The van der Waals surface area contributed by atoms with Crippen molar-refractivity contribution in [2.45, 2.75) is 18.6 Å². The van der Waals surface area contributed by atoms with Crippen molar-refractivity contribution in [3.05, 3.63) is 88.5 Å². The van der Waals surface area contributed by atoms with Gasteiger partial charge in [0.1, 0.15) is 5.75 Å². The third-order valence-electron chi connectivity index (χ3n) is 5.73. The molecule has 190 valence electrons. The average Bonchev–Trinajstić information content (AvgIpc) is 3.19. The summed E-state index contributed by atoms with van der Waals surface area (Å²) in [6.07, 6.45) is 1.24. The molecule has 10 nitrogen and oxygen atoms in total. The molecule has 0 spiro atoms. The van der Waals surface area contributed by atoms with E-state index in [0.717, 1.165) is 5.69 Å². The lowest BCUT2D eigenvalue weighted by atomic mass is 9.97. The van der Waals surface area contributed by atoms with E-state index in [0.29, 0.717) is 12.1 Å². The summed E-state index contributed by atoms with van der Waals surface area (Å²) in [5, 5.41) is 21.5. The summed E-state index contributed by atoms with van der Waals surface area (Å²) in [6.45, 7) is 0.543. The first-order valence-corrected chi connectivity index (χ1v) is 11.6. The monoisotopic (exact) mass is 495 g/mol. The first-order chi connectivity index (χ1) is 17.5. The molecule has 36 heavy (non-hydrogen) atoms.